The van der Waals surface area contributed by atoms with Crippen molar-refractivity contribution in [2.75, 3.05) is 24.4 Å². The molecule has 0 radical (unpaired) electrons. The van der Waals surface area contributed by atoms with Crippen molar-refractivity contribution in [1.29, 1.82) is 0 Å². The van der Waals surface area contributed by atoms with Gasteiger partial charge in [0.15, 0.2) is 0 Å². The van der Waals surface area contributed by atoms with E-state index >= 15 is 0 Å². The largest absolute Gasteiger partial charge is 0.306 e. The van der Waals surface area contributed by atoms with Crippen LogP contribution < -0.4 is 5.32 Å². The minimum atomic E-state index is -0.113. The molecule has 1 atom stereocenters. The Labute approximate surface area is 102 Å². The molecule has 0 spiro atoms. The van der Waals surface area contributed by atoms with Crippen LogP contribution in [0.4, 0.5) is 0 Å². The number of hydrogen-bond acceptors (Lipinski definition) is 2. The fraction of sp³-hybridized carbons (Fsp3) is 0.500. The van der Waals surface area contributed by atoms with Gasteiger partial charge in [0.25, 0.3) is 0 Å². The molecule has 0 aliphatic carbocycles. The number of hydrogen-bond donors (Lipinski definition) is 1. The first-order valence-electron chi connectivity index (χ1n) is 5.08. The predicted octanol–water partition coefficient (Wildman–Crippen LogP) is 3.09. The molecular weight excluding hydrogens is 226 g/mol. The van der Waals surface area contributed by atoms with E-state index in [4.69, 9.17) is 11.6 Å². The monoisotopic (exact) mass is 243 g/mol. The lowest BCUT2D eigenvalue weighted by Crippen LogP contribution is -2.42. The van der Waals surface area contributed by atoms with Gasteiger partial charge in [0, 0.05) is 18.2 Å². The molecule has 1 aromatic carbocycles. The summed E-state index contributed by atoms with van der Waals surface area (Å²) in [5.41, 5.74) is 1.14. The highest BCUT2D eigenvalue weighted by Gasteiger charge is 2.23. The number of benzene rings is 1. The summed E-state index contributed by atoms with van der Waals surface area (Å²) in [6, 6.07) is 10.4. The van der Waals surface area contributed by atoms with Gasteiger partial charge in [-0.2, -0.15) is 11.8 Å². The maximum absolute atomic E-state index is 6.05. The number of nitrogens with one attached hydrogen (secondary N) is 1. The molecule has 1 nitrogen and oxygen atoms in total. The van der Waals surface area contributed by atoms with E-state index in [0.29, 0.717) is 5.88 Å². The SMILES string of the molecule is CSCCNC(C)(CCl)c1ccccc1. The molecule has 1 unspecified atom stereocenters. The van der Waals surface area contributed by atoms with Crippen LogP contribution in [0.1, 0.15) is 12.5 Å². The van der Waals surface area contributed by atoms with Gasteiger partial charge in [-0.3, -0.25) is 0 Å². The summed E-state index contributed by atoms with van der Waals surface area (Å²) in [5, 5.41) is 3.51. The average Bonchev–Trinajstić information content (AvgIpc) is 2.30. The van der Waals surface area contributed by atoms with E-state index in [1.807, 2.05) is 17.8 Å². The van der Waals surface area contributed by atoms with Crippen molar-refractivity contribution in [2.45, 2.75) is 12.5 Å². The summed E-state index contributed by atoms with van der Waals surface area (Å²) < 4.78 is 0. The topological polar surface area (TPSA) is 12.0 Å². The van der Waals surface area contributed by atoms with Crippen molar-refractivity contribution in [3.05, 3.63) is 35.9 Å². The summed E-state index contributed by atoms with van der Waals surface area (Å²) in [4.78, 5) is 0. The molecule has 0 aliphatic rings. The van der Waals surface area contributed by atoms with E-state index in [0.717, 1.165) is 12.3 Å². The van der Waals surface area contributed by atoms with Gasteiger partial charge in [-0.25, -0.2) is 0 Å². The number of halogens is 1. The van der Waals surface area contributed by atoms with Gasteiger partial charge in [-0.1, -0.05) is 30.3 Å². The molecule has 0 fully saturated rings. The number of thioether (sulfide) groups is 1. The van der Waals surface area contributed by atoms with Crippen molar-refractivity contribution < 1.29 is 0 Å². The molecule has 15 heavy (non-hydrogen) atoms. The third-order valence-electron chi connectivity index (χ3n) is 2.50. The lowest BCUT2D eigenvalue weighted by Gasteiger charge is -2.29. The van der Waals surface area contributed by atoms with Crippen LogP contribution in [0.5, 0.6) is 0 Å². The van der Waals surface area contributed by atoms with E-state index in [9.17, 15) is 0 Å². The van der Waals surface area contributed by atoms with Crippen LogP contribution in [0.25, 0.3) is 0 Å². The van der Waals surface area contributed by atoms with Gasteiger partial charge < -0.3 is 5.32 Å². The first kappa shape index (κ1) is 12.9. The first-order chi connectivity index (χ1) is 7.23. The Kier molecular flexibility index (Phi) is 5.51. The van der Waals surface area contributed by atoms with Crippen LogP contribution >= 0.6 is 23.4 Å². The van der Waals surface area contributed by atoms with Crippen molar-refractivity contribution >= 4 is 23.4 Å². The molecule has 0 aliphatic heterocycles. The zero-order valence-corrected chi connectivity index (χ0v) is 10.9. The molecule has 0 bridgehead atoms. The maximum atomic E-state index is 6.05. The molecule has 1 N–H and O–H groups in total. The van der Waals surface area contributed by atoms with Gasteiger partial charge in [-0.05, 0) is 18.7 Å². The molecule has 0 saturated heterocycles. The molecule has 0 amide bonds. The van der Waals surface area contributed by atoms with Crippen LogP contribution in [0, 0.1) is 0 Å². The third kappa shape index (κ3) is 3.71. The Morgan fingerprint density at radius 1 is 1.33 bits per heavy atom. The van der Waals surface area contributed by atoms with Gasteiger partial charge in [0.05, 0.1) is 5.54 Å². The van der Waals surface area contributed by atoms with Crippen LogP contribution in [0.2, 0.25) is 0 Å². The second-order valence-electron chi connectivity index (χ2n) is 3.75. The quantitative estimate of drug-likeness (QED) is 0.609. The standard InChI is InChI=1S/C12H18ClNS/c1-12(10-13,14-8-9-15-2)11-6-4-3-5-7-11/h3-7,14H,8-10H2,1-2H3. The van der Waals surface area contributed by atoms with Crippen LogP contribution in [0.3, 0.4) is 0 Å². The van der Waals surface area contributed by atoms with E-state index < -0.39 is 0 Å². The van der Waals surface area contributed by atoms with E-state index in [1.165, 1.54) is 5.56 Å². The molecule has 3 heteroatoms. The van der Waals surface area contributed by atoms with E-state index in [1.54, 1.807) is 0 Å². The predicted molar refractivity (Wildman–Crippen MR) is 70.9 cm³/mol. The minimum Gasteiger partial charge on any atom is -0.306 e. The molecular formula is C12H18ClNS. The Morgan fingerprint density at radius 3 is 2.53 bits per heavy atom. The number of rotatable bonds is 6. The molecule has 1 rings (SSSR count). The normalized spacial score (nSPS) is 14.9. The maximum Gasteiger partial charge on any atom is 0.0543 e. The van der Waals surface area contributed by atoms with Crippen molar-refractivity contribution in [3.8, 4) is 0 Å². The lowest BCUT2D eigenvalue weighted by atomic mass is 9.94. The Hall–Kier alpha value is -0.180. The van der Waals surface area contributed by atoms with Crippen LogP contribution in [-0.2, 0) is 5.54 Å². The Balaban J connectivity index is 2.67. The summed E-state index contributed by atoms with van der Waals surface area (Å²) >= 11 is 7.90. The molecule has 1 aromatic rings. The lowest BCUT2D eigenvalue weighted by molar-refractivity contribution is 0.423. The second-order valence-corrected chi connectivity index (χ2v) is 5.00. The second kappa shape index (κ2) is 6.41. The fourth-order valence-electron chi connectivity index (χ4n) is 1.46. The minimum absolute atomic E-state index is 0.113. The zero-order chi connectivity index (χ0) is 11.1. The average molecular weight is 244 g/mol. The smallest absolute Gasteiger partial charge is 0.0543 e. The molecule has 0 heterocycles. The summed E-state index contributed by atoms with van der Waals surface area (Å²) in [6.07, 6.45) is 2.11. The van der Waals surface area contributed by atoms with Crippen molar-refractivity contribution in [2.24, 2.45) is 0 Å². The summed E-state index contributed by atoms with van der Waals surface area (Å²) in [5.74, 6) is 1.70. The van der Waals surface area contributed by atoms with Gasteiger partial charge in [0.1, 0.15) is 0 Å². The third-order valence-corrected chi connectivity index (χ3v) is 3.65. The van der Waals surface area contributed by atoms with Crippen LogP contribution in [0.15, 0.2) is 30.3 Å². The highest BCUT2D eigenvalue weighted by molar-refractivity contribution is 7.98. The fourth-order valence-corrected chi connectivity index (χ4v) is 2.02. The highest BCUT2D eigenvalue weighted by atomic mass is 35.5. The zero-order valence-electron chi connectivity index (χ0n) is 9.29. The van der Waals surface area contributed by atoms with Gasteiger partial charge in [-0.15, -0.1) is 11.6 Å². The summed E-state index contributed by atoms with van der Waals surface area (Å²) in [6.45, 7) is 3.13. The molecule has 84 valence electrons. The van der Waals surface area contributed by atoms with Crippen molar-refractivity contribution in [3.63, 3.8) is 0 Å². The first-order valence-corrected chi connectivity index (χ1v) is 7.01. The van der Waals surface area contributed by atoms with Gasteiger partial charge >= 0.3 is 0 Å². The Bertz CT molecular complexity index is 278. The van der Waals surface area contributed by atoms with Crippen LogP contribution in [-0.4, -0.2) is 24.4 Å². The molecule has 0 saturated carbocycles. The van der Waals surface area contributed by atoms with E-state index in [2.05, 4.69) is 42.8 Å². The van der Waals surface area contributed by atoms with Gasteiger partial charge in [0.2, 0.25) is 0 Å². The Morgan fingerprint density at radius 2 is 2.00 bits per heavy atom. The highest BCUT2D eigenvalue weighted by Crippen LogP contribution is 2.21. The molecule has 0 aromatic heterocycles. The van der Waals surface area contributed by atoms with E-state index in [-0.39, 0.29) is 5.54 Å². The van der Waals surface area contributed by atoms with Crippen molar-refractivity contribution in [1.82, 2.24) is 5.32 Å². The summed E-state index contributed by atoms with van der Waals surface area (Å²) in [7, 11) is 0. The number of alkyl halides is 1.